The Bertz CT molecular complexity index is 795. The smallest absolute Gasteiger partial charge is 0.405 e. The number of carbonyl (C=O) groups excluding carboxylic acids is 1. The Morgan fingerprint density at radius 1 is 1.20 bits per heavy atom. The number of hydrogen-bond acceptors (Lipinski definition) is 4. The first-order chi connectivity index (χ1) is 14.3. The van der Waals surface area contributed by atoms with Crippen LogP contribution >= 0.6 is 0 Å². The lowest BCUT2D eigenvalue weighted by Crippen LogP contribution is -2.65. The van der Waals surface area contributed by atoms with Gasteiger partial charge < -0.3 is 15.0 Å². The van der Waals surface area contributed by atoms with Gasteiger partial charge in [-0.1, -0.05) is 57.0 Å². The Kier molecular flexibility index (Phi) is 5.15. The van der Waals surface area contributed by atoms with Crippen LogP contribution in [0.3, 0.4) is 0 Å². The third-order valence-corrected chi connectivity index (χ3v) is 8.86. The van der Waals surface area contributed by atoms with E-state index in [0.717, 1.165) is 30.2 Å². The highest BCUT2D eigenvalue weighted by Gasteiger charge is 2.68. The highest BCUT2D eigenvalue weighted by Crippen LogP contribution is 2.66. The standard InChI is InChI=1S/C25H36BNO3/c1-24(2)18-13-22(24)25(3)23(14-18)29-26(30-25)19(11-17-9-10-17)15-21(28)20(27)12-16-7-5-4-6-8-16/h4-8,17-20,22-23H,9-15,27H2,1-3H3/t18?,19-,20?,22-,23-,25+/m1/s1. The maximum Gasteiger partial charge on any atom is 0.461 e. The predicted molar refractivity (Wildman–Crippen MR) is 119 cm³/mol. The van der Waals surface area contributed by atoms with E-state index in [2.05, 4.69) is 20.8 Å². The van der Waals surface area contributed by atoms with Gasteiger partial charge in [0.15, 0.2) is 0 Å². The summed E-state index contributed by atoms with van der Waals surface area (Å²) in [5.41, 5.74) is 7.56. The van der Waals surface area contributed by atoms with Crippen LogP contribution in [-0.4, -0.2) is 30.6 Å². The Morgan fingerprint density at radius 3 is 2.60 bits per heavy atom. The van der Waals surface area contributed by atoms with E-state index in [1.165, 1.54) is 19.3 Å². The van der Waals surface area contributed by atoms with E-state index in [4.69, 9.17) is 15.0 Å². The minimum Gasteiger partial charge on any atom is -0.405 e. The van der Waals surface area contributed by atoms with Crippen molar-refractivity contribution in [1.29, 1.82) is 0 Å². The van der Waals surface area contributed by atoms with E-state index in [-0.39, 0.29) is 30.4 Å². The van der Waals surface area contributed by atoms with Crippen molar-refractivity contribution in [2.75, 3.05) is 0 Å². The number of benzene rings is 1. The Hall–Kier alpha value is -1.17. The summed E-state index contributed by atoms with van der Waals surface area (Å²) in [7, 11) is -0.261. The van der Waals surface area contributed by atoms with E-state index < -0.39 is 6.04 Å². The predicted octanol–water partition coefficient (Wildman–Crippen LogP) is 4.41. The largest absolute Gasteiger partial charge is 0.461 e. The van der Waals surface area contributed by atoms with Gasteiger partial charge >= 0.3 is 7.12 Å². The fourth-order valence-corrected chi connectivity index (χ4v) is 6.57. The lowest BCUT2D eigenvalue weighted by Gasteiger charge is -2.64. The second-order valence-electron chi connectivity index (χ2n) is 11.2. The van der Waals surface area contributed by atoms with E-state index in [9.17, 15) is 4.79 Å². The highest BCUT2D eigenvalue weighted by atomic mass is 16.7. The summed E-state index contributed by atoms with van der Waals surface area (Å²) < 4.78 is 13.3. The summed E-state index contributed by atoms with van der Waals surface area (Å²) in [5.74, 6) is 2.28. The molecule has 1 heterocycles. The number of rotatable bonds is 8. The summed E-state index contributed by atoms with van der Waals surface area (Å²) in [5, 5.41) is 0. The van der Waals surface area contributed by atoms with Crippen LogP contribution in [0.15, 0.2) is 30.3 Å². The first-order valence-electron chi connectivity index (χ1n) is 11.9. The molecule has 5 heteroatoms. The molecule has 30 heavy (non-hydrogen) atoms. The molecule has 4 saturated carbocycles. The summed E-state index contributed by atoms with van der Waals surface area (Å²) >= 11 is 0. The summed E-state index contributed by atoms with van der Waals surface area (Å²) in [4.78, 5) is 13.1. The molecule has 162 valence electrons. The molecule has 0 radical (unpaired) electrons. The van der Waals surface area contributed by atoms with Crippen LogP contribution in [0.4, 0.5) is 0 Å². The number of nitrogens with two attached hydrogens (primary N) is 1. The molecule has 0 aromatic heterocycles. The van der Waals surface area contributed by atoms with Crippen LogP contribution in [0.25, 0.3) is 0 Å². The van der Waals surface area contributed by atoms with Crippen LogP contribution in [-0.2, 0) is 20.5 Å². The molecule has 4 aliphatic carbocycles. The molecule has 5 fully saturated rings. The number of hydrogen-bond donors (Lipinski definition) is 1. The van der Waals surface area contributed by atoms with Crippen LogP contribution < -0.4 is 5.73 Å². The monoisotopic (exact) mass is 409 g/mol. The number of ketones is 1. The Labute approximate surface area is 181 Å². The molecule has 1 aromatic rings. The van der Waals surface area contributed by atoms with Gasteiger partial charge in [0.25, 0.3) is 0 Å². The second-order valence-corrected chi connectivity index (χ2v) is 11.2. The highest BCUT2D eigenvalue weighted by molar-refractivity contribution is 6.47. The van der Waals surface area contributed by atoms with Crippen molar-refractivity contribution in [3.05, 3.63) is 35.9 Å². The average molecular weight is 409 g/mol. The zero-order valence-corrected chi connectivity index (χ0v) is 18.7. The van der Waals surface area contributed by atoms with Gasteiger partial charge in [0.2, 0.25) is 0 Å². The molecular formula is C25H36BNO3. The topological polar surface area (TPSA) is 61.5 Å². The maximum absolute atomic E-state index is 13.1. The van der Waals surface area contributed by atoms with Crippen LogP contribution in [0, 0.1) is 23.2 Å². The minimum atomic E-state index is -0.458. The molecular weight excluding hydrogens is 373 g/mol. The zero-order valence-electron chi connectivity index (χ0n) is 18.7. The molecule has 2 bridgehead atoms. The summed E-state index contributed by atoms with van der Waals surface area (Å²) in [6.45, 7) is 7.03. The normalized spacial score (nSPS) is 36.0. The van der Waals surface area contributed by atoms with Crippen LogP contribution in [0.2, 0.25) is 5.82 Å². The van der Waals surface area contributed by atoms with Crippen molar-refractivity contribution in [2.45, 2.75) is 89.3 Å². The summed E-state index contributed by atoms with van der Waals surface area (Å²) in [6, 6.07) is 9.60. The van der Waals surface area contributed by atoms with E-state index in [0.29, 0.717) is 24.2 Å². The van der Waals surface area contributed by atoms with Gasteiger partial charge in [0.05, 0.1) is 17.7 Å². The van der Waals surface area contributed by atoms with Gasteiger partial charge in [-0.25, -0.2) is 0 Å². The molecule has 4 nitrogen and oxygen atoms in total. The van der Waals surface area contributed by atoms with E-state index >= 15 is 0 Å². The van der Waals surface area contributed by atoms with Crippen molar-refractivity contribution in [3.63, 3.8) is 0 Å². The van der Waals surface area contributed by atoms with E-state index in [1.54, 1.807) is 0 Å². The first kappa shape index (κ1) is 20.7. The van der Waals surface area contributed by atoms with Gasteiger partial charge in [-0.2, -0.15) is 0 Å². The molecule has 1 aliphatic heterocycles. The molecule has 6 atom stereocenters. The fraction of sp³-hybridized carbons (Fsp3) is 0.720. The number of carbonyl (C=O) groups is 1. The molecule has 0 amide bonds. The molecule has 2 unspecified atom stereocenters. The Morgan fingerprint density at radius 2 is 1.93 bits per heavy atom. The van der Waals surface area contributed by atoms with Crippen molar-refractivity contribution in [1.82, 2.24) is 0 Å². The van der Waals surface area contributed by atoms with Crippen molar-refractivity contribution >= 4 is 12.9 Å². The summed E-state index contributed by atoms with van der Waals surface area (Å²) in [6.07, 6.45) is 7.15. The SMILES string of the molecule is CC1(C)C2C[C@H]1[C@]1(C)OB([C@@H](CC(=O)C(N)Cc3ccccc3)CC3CC3)O[C@@H]1C2. The van der Waals surface area contributed by atoms with E-state index in [1.807, 2.05) is 30.3 Å². The lowest BCUT2D eigenvalue weighted by atomic mass is 9.43. The van der Waals surface area contributed by atoms with Gasteiger partial charge in [-0.3, -0.25) is 4.79 Å². The molecule has 2 N–H and O–H groups in total. The van der Waals surface area contributed by atoms with Crippen LogP contribution in [0.1, 0.15) is 64.9 Å². The average Bonchev–Trinajstić information content (AvgIpc) is 3.45. The van der Waals surface area contributed by atoms with Crippen molar-refractivity contribution in [3.8, 4) is 0 Å². The van der Waals surface area contributed by atoms with Crippen LogP contribution in [0.5, 0.6) is 0 Å². The fourth-order valence-electron chi connectivity index (χ4n) is 6.57. The lowest BCUT2D eigenvalue weighted by molar-refractivity contribution is -0.199. The first-order valence-corrected chi connectivity index (χ1v) is 11.9. The molecule has 1 saturated heterocycles. The van der Waals surface area contributed by atoms with Gasteiger partial charge in [0.1, 0.15) is 5.78 Å². The Balaban J connectivity index is 1.26. The second kappa shape index (κ2) is 7.46. The quantitative estimate of drug-likeness (QED) is 0.646. The molecule has 1 aromatic carbocycles. The zero-order chi connectivity index (χ0) is 21.1. The van der Waals surface area contributed by atoms with Crippen molar-refractivity contribution < 1.29 is 14.1 Å². The van der Waals surface area contributed by atoms with Gasteiger partial charge in [-0.15, -0.1) is 0 Å². The maximum atomic E-state index is 13.1. The van der Waals surface area contributed by atoms with Gasteiger partial charge in [0, 0.05) is 12.2 Å². The van der Waals surface area contributed by atoms with Gasteiger partial charge in [-0.05, 0) is 61.3 Å². The minimum absolute atomic E-state index is 0.120. The molecule has 0 spiro atoms. The third-order valence-electron chi connectivity index (χ3n) is 8.86. The van der Waals surface area contributed by atoms with Crippen molar-refractivity contribution in [2.24, 2.45) is 28.9 Å². The number of Topliss-reactive ketones (excluding diaryl/α,β-unsaturated/α-hetero) is 1. The third kappa shape index (κ3) is 3.57. The molecule has 6 rings (SSSR count). The molecule has 5 aliphatic rings.